The summed E-state index contributed by atoms with van der Waals surface area (Å²) in [6.07, 6.45) is 1.73. The number of nitrogens with one attached hydrogen (secondary N) is 2. The van der Waals surface area contributed by atoms with E-state index in [1.165, 1.54) is 12.1 Å². The Kier molecular flexibility index (Phi) is 7.58. The van der Waals surface area contributed by atoms with Crippen molar-refractivity contribution in [3.8, 4) is 11.3 Å². The predicted molar refractivity (Wildman–Crippen MR) is 124 cm³/mol. The van der Waals surface area contributed by atoms with Gasteiger partial charge in [-0.15, -0.1) is 0 Å². The van der Waals surface area contributed by atoms with Crippen molar-refractivity contribution >= 4 is 11.6 Å². The second kappa shape index (κ2) is 10.4. The van der Waals surface area contributed by atoms with Crippen LogP contribution in [-0.2, 0) is 11.2 Å². The number of hydrogen-bond donors (Lipinski definition) is 2. The molecule has 0 aliphatic rings. The summed E-state index contributed by atoms with van der Waals surface area (Å²) in [5.41, 5.74) is 5.89. The number of benzene rings is 2. The average molecular weight is 423 g/mol. The van der Waals surface area contributed by atoms with E-state index >= 15 is 0 Å². The van der Waals surface area contributed by atoms with Crippen molar-refractivity contribution in [1.29, 1.82) is 0 Å². The lowest BCUT2D eigenvalue weighted by molar-refractivity contribution is -0.117. The minimum atomic E-state index is -0.255. The van der Waals surface area contributed by atoms with Crippen LogP contribution in [0.25, 0.3) is 11.3 Å². The van der Waals surface area contributed by atoms with Gasteiger partial charge in [0.15, 0.2) is 0 Å². The first-order chi connectivity index (χ1) is 14.8. The lowest BCUT2D eigenvalue weighted by atomic mass is 9.98. The summed E-state index contributed by atoms with van der Waals surface area (Å²) in [4.78, 5) is 14.6. The van der Waals surface area contributed by atoms with Crippen LogP contribution in [0.1, 0.15) is 43.0 Å². The number of para-hydroxylation sites is 1. The first-order valence-corrected chi connectivity index (χ1v) is 10.7. The van der Waals surface area contributed by atoms with Crippen LogP contribution in [0.5, 0.6) is 0 Å². The fraction of sp³-hybridized carbons (Fsp3) is 0.360. The van der Waals surface area contributed by atoms with Crippen molar-refractivity contribution in [2.45, 2.75) is 39.5 Å². The number of H-pyrrole nitrogens is 1. The molecule has 0 fully saturated rings. The minimum absolute atomic E-state index is 0.00108. The van der Waals surface area contributed by atoms with Gasteiger partial charge in [-0.2, -0.15) is 5.10 Å². The van der Waals surface area contributed by atoms with E-state index in [-0.39, 0.29) is 11.7 Å². The number of halogens is 1. The van der Waals surface area contributed by atoms with Crippen molar-refractivity contribution in [2.75, 3.05) is 25.5 Å². The summed E-state index contributed by atoms with van der Waals surface area (Å²) in [5.74, 6) is 0.0930. The number of aromatic amines is 1. The number of aryl methyl sites for hydroxylation is 2. The van der Waals surface area contributed by atoms with E-state index in [9.17, 15) is 9.18 Å². The maximum Gasteiger partial charge on any atom is 0.238 e. The van der Waals surface area contributed by atoms with Crippen LogP contribution in [0.2, 0.25) is 0 Å². The molecule has 0 bridgehead atoms. The molecule has 1 amide bonds. The number of likely N-dealkylation sites (N-methyl/N-ethyl adjacent to an activating group) is 1. The molecule has 0 unspecified atom stereocenters. The van der Waals surface area contributed by atoms with Gasteiger partial charge >= 0.3 is 0 Å². The highest BCUT2D eigenvalue weighted by atomic mass is 19.1. The van der Waals surface area contributed by atoms with Gasteiger partial charge in [0, 0.05) is 16.9 Å². The Labute approximate surface area is 183 Å². The number of carbonyl (C=O) groups excluding carboxylic acids is 1. The summed E-state index contributed by atoms with van der Waals surface area (Å²) in [6, 6.07) is 14.4. The predicted octanol–water partition coefficient (Wildman–Crippen LogP) is 5.15. The first-order valence-electron chi connectivity index (χ1n) is 10.7. The van der Waals surface area contributed by atoms with Gasteiger partial charge in [-0.05, 0) is 80.7 Å². The molecule has 2 aromatic carbocycles. The van der Waals surface area contributed by atoms with Crippen LogP contribution < -0.4 is 5.32 Å². The van der Waals surface area contributed by atoms with Crippen LogP contribution in [0.15, 0.2) is 48.5 Å². The topological polar surface area (TPSA) is 61.0 Å². The second-order valence-electron chi connectivity index (χ2n) is 8.37. The summed E-state index contributed by atoms with van der Waals surface area (Å²) >= 11 is 0. The zero-order chi connectivity index (χ0) is 22.4. The van der Waals surface area contributed by atoms with Gasteiger partial charge < -0.3 is 5.32 Å². The molecule has 0 radical (unpaired) electrons. The van der Waals surface area contributed by atoms with E-state index in [0.29, 0.717) is 12.5 Å². The number of aromatic nitrogens is 2. The second-order valence-corrected chi connectivity index (χ2v) is 8.37. The third kappa shape index (κ3) is 6.25. The Hall–Kier alpha value is -2.99. The molecule has 2 N–H and O–H groups in total. The Morgan fingerprint density at radius 3 is 2.65 bits per heavy atom. The zero-order valence-electron chi connectivity index (χ0n) is 18.7. The maximum absolute atomic E-state index is 13.1. The largest absolute Gasteiger partial charge is 0.324 e. The van der Waals surface area contributed by atoms with Crippen molar-refractivity contribution in [3.05, 3.63) is 71.2 Å². The van der Waals surface area contributed by atoms with Crippen LogP contribution in [0.4, 0.5) is 10.1 Å². The number of rotatable bonds is 9. The lowest BCUT2D eigenvalue weighted by Gasteiger charge is -2.19. The van der Waals surface area contributed by atoms with Gasteiger partial charge in [0.1, 0.15) is 5.82 Å². The summed E-state index contributed by atoms with van der Waals surface area (Å²) in [6.45, 7) is 7.43. The van der Waals surface area contributed by atoms with E-state index in [1.54, 1.807) is 12.1 Å². The van der Waals surface area contributed by atoms with Crippen LogP contribution in [0, 0.1) is 12.7 Å². The Morgan fingerprint density at radius 1 is 1.19 bits per heavy atom. The van der Waals surface area contributed by atoms with Gasteiger partial charge in [-0.25, -0.2) is 4.39 Å². The van der Waals surface area contributed by atoms with Gasteiger partial charge in [-0.3, -0.25) is 14.8 Å². The SMILES string of the molecule is Cc1cccc(C(C)C)c1NC(=O)CN(C)CCCc1cc(-c2ccc(F)cc2)n[nH]1. The molecule has 1 aromatic heterocycles. The van der Waals surface area contributed by atoms with Gasteiger partial charge in [0.05, 0.1) is 12.2 Å². The summed E-state index contributed by atoms with van der Waals surface area (Å²) in [7, 11) is 1.96. The highest BCUT2D eigenvalue weighted by molar-refractivity contribution is 5.93. The molecule has 0 aliphatic carbocycles. The highest BCUT2D eigenvalue weighted by Crippen LogP contribution is 2.27. The molecule has 5 nitrogen and oxygen atoms in total. The Bertz CT molecular complexity index is 1010. The number of amides is 1. The summed E-state index contributed by atoms with van der Waals surface area (Å²) in [5, 5.41) is 10.5. The van der Waals surface area contributed by atoms with Crippen molar-refractivity contribution < 1.29 is 9.18 Å². The third-order valence-corrected chi connectivity index (χ3v) is 5.36. The smallest absolute Gasteiger partial charge is 0.238 e. The van der Waals surface area contributed by atoms with E-state index in [1.807, 2.05) is 37.1 Å². The molecule has 0 spiro atoms. The van der Waals surface area contributed by atoms with Crippen LogP contribution in [-0.4, -0.2) is 41.1 Å². The van der Waals surface area contributed by atoms with E-state index in [0.717, 1.165) is 53.2 Å². The fourth-order valence-electron chi connectivity index (χ4n) is 3.64. The molecule has 0 atom stereocenters. The molecule has 0 saturated heterocycles. The Balaban J connectivity index is 1.47. The van der Waals surface area contributed by atoms with Crippen LogP contribution >= 0.6 is 0 Å². The standard InChI is InChI=1S/C25H31FN4O/c1-17(2)22-9-5-7-18(3)25(22)27-24(31)16-30(4)14-6-8-21-15-23(29-28-21)19-10-12-20(26)13-11-19/h5,7,9-13,15,17H,6,8,14,16H2,1-4H3,(H,27,31)(H,28,29). The molecule has 164 valence electrons. The molecular formula is C25H31FN4O. The molecule has 3 aromatic rings. The number of hydrogen-bond acceptors (Lipinski definition) is 3. The number of carbonyl (C=O) groups is 1. The van der Waals surface area contributed by atoms with E-state index in [4.69, 9.17) is 0 Å². The van der Waals surface area contributed by atoms with Gasteiger partial charge in [0.25, 0.3) is 0 Å². The zero-order valence-corrected chi connectivity index (χ0v) is 18.7. The normalized spacial score (nSPS) is 11.3. The average Bonchev–Trinajstić information content (AvgIpc) is 3.18. The third-order valence-electron chi connectivity index (χ3n) is 5.36. The van der Waals surface area contributed by atoms with Crippen molar-refractivity contribution in [1.82, 2.24) is 15.1 Å². The van der Waals surface area contributed by atoms with Gasteiger partial charge in [-0.1, -0.05) is 32.0 Å². The van der Waals surface area contributed by atoms with Crippen molar-refractivity contribution in [3.63, 3.8) is 0 Å². The van der Waals surface area contributed by atoms with Crippen molar-refractivity contribution in [2.24, 2.45) is 0 Å². The van der Waals surface area contributed by atoms with E-state index < -0.39 is 0 Å². The fourth-order valence-corrected chi connectivity index (χ4v) is 3.64. The Morgan fingerprint density at radius 2 is 1.94 bits per heavy atom. The summed E-state index contributed by atoms with van der Waals surface area (Å²) < 4.78 is 13.1. The maximum atomic E-state index is 13.1. The molecule has 3 rings (SSSR count). The number of anilines is 1. The molecule has 0 saturated carbocycles. The number of nitrogens with zero attached hydrogens (tertiary/aromatic N) is 2. The molecule has 31 heavy (non-hydrogen) atoms. The molecule has 1 heterocycles. The highest BCUT2D eigenvalue weighted by Gasteiger charge is 2.13. The minimum Gasteiger partial charge on any atom is -0.324 e. The quantitative estimate of drug-likeness (QED) is 0.501. The van der Waals surface area contributed by atoms with Gasteiger partial charge in [0.2, 0.25) is 5.91 Å². The molecule has 0 aliphatic heterocycles. The molecular weight excluding hydrogens is 391 g/mol. The monoisotopic (exact) mass is 422 g/mol. The lowest BCUT2D eigenvalue weighted by Crippen LogP contribution is -2.31. The van der Waals surface area contributed by atoms with Crippen LogP contribution in [0.3, 0.4) is 0 Å². The van der Waals surface area contributed by atoms with E-state index in [2.05, 4.69) is 35.4 Å². The first kappa shape index (κ1) is 22.7. The molecule has 6 heteroatoms.